The van der Waals surface area contributed by atoms with Gasteiger partial charge >= 0.3 is 7.82 Å². The van der Waals surface area contributed by atoms with E-state index in [4.69, 9.17) is 14.0 Å². The highest BCUT2D eigenvalue weighted by atomic mass is 31.2. The third-order valence-corrected chi connectivity index (χ3v) is 5.53. The molecule has 0 aliphatic heterocycles. The number of phosphoric acid groups is 1. The molecule has 9 heteroatoms. The maximum Gasteiger partial charge on any atom is 0.472 e. The number of carbonyl (C=O) groups is 1. The van der Waals surface area contributed by atoms with Crippen LogP contribution < -0.4 is 5.32 Å². The Kier molecular flexibility index (Phi) is 16.7. The van der Waals surface area contributed by atoms with Gasteiger partial charge in [-0.25, -0.2) is 4.57 Å². The molecule has 198 valence electrons. The predicted molar refractivity (Wildman–Crippen MR) is 148 cm³/mol. The summed E-state index contributed by atoms with van der Waals surface area (Å²) in [6.07, 6.45) is -1.21. The molecule has 5 atom stereocenters. The highest BCUT2D eigenvalue weighted by molar-refractivity contribution is 7.47. The minimum Gasteiger partial charge on any atom is -0.384 e. The van der Waals surface area contributed by atoms with Gasteiger partial charge in [0.1, 0.15) is 12.2 Å². The lowest BCUT2D eigenvalue weighted by atomic mass is 10.1. The summed E-state index contributed by atoms with van der Waals surface area (Å²) in [5.41, 5.74) is 0. The van der Waals surface area contributed by atoms with Crippen molar-refractivity contribution in [1.29, 1.82) is 0 Å². The van der Waals surface area contributed by atoms with Crippen molar-refractivity contribution in [3.63, 3.8) is 0 Å². The quantitative estimate of drug-likeness (QED) is 0.348. The van der Waals surface area contributed by atoms with E-state index < -0.39 is 32.0 Å². The molecule has 0 heterocycles. The molecule has 1 aliphatic rings. The van der Waals surface area contributed by atoms with Gasteiger partial charge in [0.05, 0.1) is 12.6 Å². The van der Waals surface area contributed by atoms with Crippen LogP contribution in [-0.2, 0) is 27.9 Å². The molecule has 0 radical (unpaired) electrons. The van der Waals surface area contributed by atoms with Crippen molar-refractivity contribution >= 4 is 13.7 Å². The molecule has 0 bridgehead atoms. The fraction of sp³-hybridized carbons (Fsp3) is 0.323. The smallest absolute Gasteiger partial charge is 0.384 e. The predicted octanol–water partition coefficient (Wildman–Crippen LogP) is 0.338. The zero-order chi connectivity index (χ0) is 29.5. The van der Waals surface area contributed by atoms with E-state index in [1.54, 1.807) is 6.92 Å². The zero-order valence-corrected chi connectivity index (χ0v) is 23.0. The van der Waals surface area contributed by atoms with Crippen molar-refractivity contribution in [1.82, 2.24) is 5.32 Å². The summed E-state index contributed by atoms with van der Waals surface area (Å²) >= 11 is 0. The number of hydrogen-bond acceptors (Lipinski definition) is 6. The summed E-state index contributed by atoms with van der Waals surface area (Å²) in [6.45, 7) is 1.90. The van der Waals surface area contributed by atoms with E-state index in [1.807, 2.05) is 0 Å². The molecule has 0 aromatic heterocycles. The average molecular weight is 551 g/mol. The van der Waals surface area contributed by atoms with Crippen LogP contribution in [0.1, 0.15) is 13.3 Å². The largest absolute Gasteiger partial charge is 0.472 e. The van der Waals surface area contributed by atoms with Gasteiger partial charge in [-0.15, -0.1) is 0 Å². The summed E-state index contributed by atoms with van der Waals surface area (Å²) in [7, 11) is -0.348. The van der Waals surface area contributed by atoms with E-state index in [1.165, 1.54) is 14.2 Å². The first kappa shape index (κ1) is 33.1. The maximum atomic E-state index is 12.2. The second-order valence-electron chi connectivity index (χ2n) is 7.08. The Bertz CT molecular complexity index is 1630. The van der Waals surface area contributed by atoms with Gasteiger partial charge in [-0.1, -0.05) is 5.92 Å². The molecule has 2 N–H and O–H groups in total. The molecule has 1 rings (SSSR count). The zero-order valence-electron chi connectivity index (χ0n) is 22.1. The Morgan fingerprint density at radius 3 is 1.62 bits per heavy atom. The summed E-state index contributed by atoms with van der Waals surface area (Å²) in [6, 6.07) is -0.547. The van der Waals surface area contributed by atoms with Gasteiger partial charge in [-0.2, -0.15) is 0 Å². The Labute approximate surface area is 235 Å². The van der Waals surface area contributed by atoms with Crippen molar-refractivity contribution in [2.75, 3.05) is 27.9 Å². The number of rotatable bonds is 7. The van der Waals surface area contributed by atoms with Crippen LogP contribution >= 0.6 is 7.82 Å². The van der Waals surface area contributed by atoms with Gasteiger partial charge in [0.15, 0.2) is 0 Å². The Morgan fingerprint density at radius 1 is 0.775 bits per heavy atom. The fourth-order valence-electron chi connectivity index (χ4n) is 3.11. The number of nitrogens with one attached hydrogen (secondary N) is 1. The number of amides is 1. The fourth-order valence-corrected chi connectivity index (χ4v) is 3.79. The molecule has 0 aromatic carbocycles. The van der Waals surface area contributed by atoms with E-state index in [9.17, 15) is 14.3 Å². The lowest BCUT2D eigenvalue weighted by molar-refractivity contribution is -0.117. The first-order valence-electron chi connectivity index (χ1n) is 11.2. The molecule has 1 fully saturated rings. The van der Waals surface area contributed by atoms with E-state index in [2.05, 4.69) is 128 Å². The van der Waals surface area contributed by atoms with E-state index >= 15 is 0 Å². The molecule has 1 aliphatic carbocycles. The van der Waals surface area contributed by atoms with Gasteiger partial charge in [0, 0.05) is 45.0 Å². The maximum absolute atomic E-state index is 12.2. The van der Waals surface area contributed by atoms with Crippen LogP contribution in [0.3, 0.4) is 0 Å². The van der Waals surface area contributed by atoms with Crippen molar-refractivity contribution < 1.29 is 32.8 Å². The van der Waals surface area contributed by atoms with Crippen LogP contribution in [0.25, 0.3) is 0 Å². The minimum atomic E-state index is -4.29. The Morgan fingerprint density at radius 2 is 1.23 bits per heavy atom. The highest BCUT2D eigenvalue weighted by Crippen LogP contribution is 2.48. The van der Waals surface area contributed by atoms with Crippen molar-refractivity contribution in [2.24, 2.45) is 5.92 Å². The van der Waals surface area contributed by atoms with Gasteiger partial charge in [0.2, 0.25) is 0 Å². The van der Waals surface area contributed by atoms with Crippen LogP contribution in [-0.4, -0.2) is 57.0 Å². The standard InChI is InChI=1S/C31H22NO7P/c1-5-6-7-8-9-10-11-12-13-14-15-16-17-18-19-20-21-22-23-24-29(33)32-28-25-27(26-36-2)30(31(28)37-3)39-40(34,35)38-4/h27-28,30-31H,25-26H2,1-4H3,(H,32,33)(H,34,35)/t27-,28-,30?,31-/m1/s1. The van der Waals surface area contributed by atoms with Crippen molar-refractivity contribution in [2.45, 2.75) is 31.6 Å². The van der Waals surface area contributed by atoms with E-state index in [0.29, 0.717) is 6.42 Å². The molecule has 1 saturated carbocycles. The van der Waals surface area contributed by atoms with Crippen molar-refractivity contribution in [3.05, 3.63) is 0 Å². The van der Waals surface area contributed by atoms with Gasteiger partial charge < -0.3 is 19.7 Å². The molecule has 8 nitrogen and oxygen atoms in total. The number of phosphoric ester groups is 1. The summed E-state index contributed by atoms with van der Waals surface area (Å²) in [5.74, 6) is 48.6. The topological polar surface area (TPSA) is 103 Å². The molecule has 0 aromatic rings. The lowest BCUT2D eigenvalue weighted by Crippen LogP contribution is -2.44. The highest BCUT2D eigenvalue weighted by Gasteiger charge is 2.48. The van der Waals surface area contributed by atoms with E-state index in [-0.39, 0.29) is 12.5 Å². The van der Waals surface area contributed by atoms with Gasteiger partial charge in [-0.3, -0.25) is 13.8 Å². The van der Waals surface area contributed by atoms with Crippen LogP contribution in [0.15, 0.2) is 0 Å². The summed E-state index contributed by atoms with van der Waals surface area (Å²) in [5, 5.41) is 2.70. The molecule has 40 heavy (non-hydrogen) atoms. The van der Waals surface area contributed by atoms with Gasteiger partial charge in [-0.05, 0) is 108 Å². The first-order chi connectivity index (χ1) is 19.4. The lowest BCUT2D eigenvalue weighted by Gasteiger charge is -2.26. The second-order valence-corrected chi connectivity index (χ2v) is 8.59. The second kappa shape index (κ2) is 20.1. The molecule has 0 spiro atoms. The normalized spacial score (nSPS) is 18.4. The Hall–Kier alpha value is -4.90. The van der Waals surface area contributed by atoms with E-state index in [0.717, 1.165) is 7.11 Å². The average Bonchev–Trinajstić information content (AvgIpc) is 3.24. The molecular weight excluding hydrogens is 529 g/mol. The molecule has 2 unspecified atom stereocenters. The third-order valence-electron chi connectivity index (χ3n) is 4.56. The molecular formula is C31H22NO7P. The summed E-state index contributed by atoms with van der Waals surface area (Å²) < 4.78 is 32.3. The van der Waals surface area contributed by atoms with Crippen LogP contribution in [0.2, 0.25) is 0 Å². The van der Waals surface area contributed by atoms with Crippen molar-refractivity contribution in [3.8, 4) is 118 Å². The van der Waals surface area contributed by atoms with Crippen LogP contribution in [0, 0.1) is 124 Å². The minimum absolute atomic E-state index is 0.217. The van der Waals surface area contributed by atoms with Gasteiger partial charge in [0.25, 0.3) is 5.91 Å². The number of methoxy groups -OCH3 is 2. The van der Waals surface area contributed by atoms with Crippen LogP contribution in [0.5, 0.6) is 0 Å². The molecule has 1 amide bonds. The first-order valence-corrected chi connectivity index (χ1v) is 12.7. The SMILES string of the molecule is CC#CC#CC#CC#CC#CC#CC#CC#CC#CC#CC(=O)N[C@@H]1C[C@H](COC)C(OP(=O)(O)OC)[C@@H]1OC. The third kappa shape index (κ3) is 14.1. The molecule has 0 saturated heterocycles. The Balaban J connectivity index is 2.64. The number of hydrogen-bond donors (Lipinski definition) is 2. The monoisotopic (exact) mass is 551 g/mol. The number of carbonyl (C=O) groups excluding carboxylic acids is 1. The van der Waals surface area contributed by atoms with Crippen LogP contribution in [0.4, 0.5) is 0 Å². The summed E-state index contributed by atoms with van der Waals surface area (Å²) in [4.78, 5) is 22.0. The number of ether oxygens (including phenoxy) is 2.